The lowest BCUT2D eigenvalue weighted by Crippen LogP contribution is -2.58. The number of alkyl carbamates (subject to hydrolysis) is 1. The van der Waals surface area contributed by atoms with Gasteiger partial charge < -0.3 is 20.5 Å². The zero-order valence-corrected chi connectivity index (χ0v) is 30.6. The fraction of sp³-hybridized carbons (Fsp3) is 0.651. The third kappa shape index (κ3) is 6.09. The van der Waals surface area contributed by atoms with Crippen molar-refractivity contribution >= 4 is 17.8 Å². The van der Waals surface area contributed by atoms with E-state index in [1.54, 1.807) is 0 Å². The van der Waals surface area contributed by atoms with E-state index in [9.17, 15) is 19.5 Å². The summed E-state index contributed by atoms with van der Waals surface area (Å²) in [5, 5.41) is 17.7. The van der Waals surface area contributed by atoms with Crippen LogP contribution in [-0.2, 0) is 14.3 Å². The van der Waals surface area contributed by atoms with Gasteiger partial charge in [0.15, 0.2) is 5.78 Å². The average molecular weight is 683 g/mol. The van der Waals surface area contributed by atoms with Gasteiger partial charge in [-0.25, -0.2) is 4.79 Å². The summed E-state index contributed by atoms with van der Waals surface area (Å²) in [4.78, 5) is 38.5. The van der Waals surface area contributed by atoms with Crippen molar-refractivity contribution in [3.8, 4) is 11.1 Å². The summed E-state index contributed by atoms with van der Waals surface area (Å²) in [7, 11) is 0. The van der Waals surface area contributed by atoms with Crippen LogP contribution in [0.4, 0.5) is 4.79 Å². The first-order valence-electron chi connectivity index (χ1n) is 19.6. The highest BCUT2D eigenvalue weighted by atomic mass is 16.5. The highest BCUT2D eigenvalue weighted by molar-refractivity contribution is 5.86. The van der Waals surface area contributed by atoms with Crippen molar-refractivity contribution in [3.63, 3.8) is 0 Å². The number of ketones is 1. The smallest absolute Gasteiger partial charge is 0.407 e. The molecule has 4 fully saturated rings. The SMILES string of the molecule is CCNC(=O)CCC(C)[C@H]1CCC2C3CC[C@@H]4CC(C(=O)CNC(=O)OCC5c6ccccc6-c6ccccc65)CC[C@]4(C)C3CC(O)[C@@]21C. The number of aliphatic hydroxyl groups is 1. The van der Waals surface area contributed by atoms with Crippen molar-refractivity contribution in [2.24, 2.45) is 52.3 Å². The van der Waals surface area contributed by atoms with E-state index in [1.165, 1.54) is 35.1 Å². The van der Waals surface area contributed by atoms with Gasteiger partial charge in [-0.2, -0.15) is 0 Å². The number of hydrogen-bond donors (Lipinski definition) is 3. The van der Waals surface area contributed by atoms with Crippen LogP contribution in [-0.4, -0.2) is 48.7 Å². The number of ether oxygens (including phenoxy) is 1. The first-order valence-corrected chi connectivity index (χ1v) is 19.6. The molecule has 2 aromatic rings. The Hall–Kier alpha value is -3.19. The molecule has 0 saturated heterocycles. The van der Waals surface area contributed by atoms with Gasteiger partial charge in [-0.05, 0) is 133 Å². The number of hydrogen-bond acceptors (Lipinski definition) is 5. The molecule has 0 radical (unpaired) electrons. The molecule has 7 rings (SSSR count). The molecule has 7 heteroatoms. The van der Waals surface area contributed by atoms with Gasteiger partial charge in [0, 0.05) is 24.8 Å². The number of nitrogens with one attached hydrogen (secondary N) is 2. The van der Waals surface area contributed by atoms with E-state index >= 15 is 0 Å². The minimum absolute atomic E-state index is 0.00957. The summed E-state index contributed by atoms with van der Waals surface area (Å²) in [6.45, 7) is 10.0. The molecule has 3 N–H and O–H groups in total. The lowest BCUT2D eigenvalue weighted by atomic mass is 9.43. The van der Waals surface area contributed by atoms with Gasteiger partial charge in [-0.3, -0.25) is 9.59 Å². The molecule has 6 unspecified atom stereocenters. The summed E-state index contributed by atoms with van der Waals surface area (Å²) in [6.07, 6.45) is 8.80. The van der Waals surface area contributed by atoms with Gasteiger partial charge in [0.25, 0.3) is 0 Å². The maximum absolute atomic E-state index is 13.5. The number of aliphatic hydroxyl groups excluding tert-OH is 1. The standard InChI is InChI=1S/C43H58N2O5/c1-5-44-40(48)19-14-26(2)35-17-18-36-33-16-15-28-22-27(20-21-42(28,3)37(33)23-39(47)43(35,36)4)38(46)24-45-41(49)50-25-34-31-12-8-6-10-29(31)30-11-7-9-13-32(30)34/h6-13,26-28,33-37,39,47H,5,14-25H2,1-4H3,(H,44,48)(H,45,49)/t26?,27?,28-,33?,35-,36?,37?,39?,42+,43-/m1/s1. The molecular weight excluding hydrogens is 624 g/mol. The first kappa shape index (κ1) is 35.2. The second-order valence-corrected chi connectivity index (χ2v) is 17.0. The van der Waals surface area contributed by atoms with Crippen molar-refractivity contribution in [3.05, 3.63) is 59.7 Å². The van der Waals surface area contributed by atoms with Crippen LogP contribution in [0.3, 0.4) is 0 Å². The van der Waals surface area contributed by atoms with Crippen LogP contribution in [0.15, 0.2) is 48.5 Å². The molecule has 5 aliphatic carbocycles. The quantitative estimate of drug-likeness (QED) is 0.237. The predicted octanol–water partition coefficient (Wildman–Crippen LogP) is 7.89. The van der Waals surface area contributed by atoms with Crippen LogP contribution in [0.25, 0.3) is 11.1 Å². The number of benzene rings is 2. The van der Waals surface area contributed by atoms with Crippen LogP contribution >= 0.6 is 0 Å². The number of Topliss-reactive ketones (excluding diaryl/α,β-unsaturated/α-hetero) is 1. The Bertz CT molecular complexity index is 1540. The molecule has 4 saturated carbocycles. The van der Waals surface area contributed by atoms with Crippen molar-refractivity contribution in [1.82, 2.24) is 10.6 Å². The molecule has 0 bridgehead atoms. The van der Waals surface area contributed by atoms with Crippen LogP contribution < -0.4 is 10.6 Å². The summed E-state index contributed by atoms with van der Waals surface area (Å²) in [6, 6.07) is 16.6. The Morgan fingerprint density at radius 3 is 2.30 bits per heavy atom. The minimum atomic E-state index is -0.533. The molecule has 50 heavy (non-hydrogen) atoms. The van der Waals surface area contributed by atoms with Crippen molar-refractivity contribution < 1.29 is 24.2 Å². The normalized spacial score (nSPS) is 34.7. The van der Waals surface area contributed by atoms with Crippen LogP contribution in [0, 0.1) is 52.3 Å². The van der Waals surface area contributed by atoms with Gasteiger partial charge >= 0.3 is 6.09 Å². The maximum atomic E-state index is 13.5. The summed E-state index contributed by atoms with van der Waals surface area (Å²) in [5.74, 6) is 3.13. The van der Waals surface area contributed by atoms with Gasteiger partial charge in [0.05, 0.1) is 12.6 Å². The van der Waals surface area contributed by atoms with Gasteiger partial charge in [0.1, 0.15) is 6.61 Å². The van der Waals surface area contributed by atoms with E-state index < -0.39 is 6.09 Å². The van der Waals surface area contributed by atoms with E-state index in [0.717, 1.165) is 44.9 Å². The highest BCUT2D eigenvalue weighted by Gasteiger charge is 2.63. The fourth-order valence-electron chi connectivity index (χ4n) is 12.3. The van der Waals surface area contributed by atoms with Crippen molar-refractivity contribution in [2.75, 3.05) is 19.7 Å². The van der Waals surface area contributed by atoms with Gasteiger partial charge in [-0.15, -0.1) is 0 Å². The third-order valence-corrected chi connectivity index (χ3v) is 14.9. The summed E-state index contributed by atoms with van der Waals surface area (Å²) >= 11 is 0. The molecule has 2 aromatic carbocycles. The number of rotatable bonds is 10. The monoisotopic (exact) mass is 682 g/mol. The lowest BCUT2D eigenvalue weighted by Gasteiger charge is -2.62. The molecule has 270 valence electrons. The molecule has 0 heterocycles. The summed E-state index contributed by atoms with van der Waals surface area (Å²) < 4.78 is 5.70. The second kappa shape index (κ2) is 14.1. The molecule has 5 aliphatic rings. The Balaban J connectivity index is 0.923. The van der Waals surface area contributed by atoms with Gasteiger partial charge in [0.2, 0.25) is 5.91 Å². The zero-order valence-electron chi connectivity index (χ0n) is 30.6. The molecule has 0 aromatic heterocycles. The Kier molecular flexibility index (Phi) is 9.92. The molecule has 0 aliphatic heterocycles. The average Bonchev–Trinajstić information content (AvgIpc) is 3.64. The first-order chi connectivity index (χ1) is 24.1. The molecule has 10 atom stereocenters. The van der Waals surface area contributed by atoms with Crippen LogP contribution in [0.2, 0.25) is 0 Å². The van der Waals surface area contributed by atoms with E-state index in [2.05, 4.69) is 55.7 Å². The number of carbonyl (C=O) groups excluding carboxylic acids is 3. The number of amides is 2. The molecule has 2 amide bonds. The Morgan fingerprint density at radius 2 is 1.60 bits per heavy atom. The molecule has 0 spiro atoms. The van der Waals surface area contributed by atoms with Crippen molar-refractivity contribution in [1.29, 1.82) is 0 Å². The predicted molar refractivity (Wildman–Crippen MR) is 195 cm³/mol. The Labute approximate surface area is 298 Å². The van der Waals surface area contributed by atoms with E-state index in [1.807, 2.05) is 31.2 Å². The highest BCUT2D eigenvalue weighted by Crippen LogP contribution is 2.68. The van der Waals surface area contributed by atoms with Crippen LogP contribution in [0.5, 0.6) is 0 Å². The number of fused-ring (bicyclic) bond motifs is 8. The largest absolute Gasteiger partial charge is 0.449 e. The minimum Gasteiger partial charge on any atom is -0.449 e. The van der Waals surface area contributed by atoms with Gasteiger partial charge in [-0.1, -0.05) is 69.3 Å². The molecular formula is C43H58N2O5. The zero-order chi connectivity index (χ0) is 35.2. The number of carbonyl (C=O) groups is 3. The van der Waals surface area contributed by atoms with Crippen molar-refractivity contribution in [2.45, 2.75) is 104 Å². The van der Waals surface area contributed by atoms with E-state index in [-0.39, 0.29) is 53.6 Å². The lowest BCUT2D eigenvalue weighted by molar-refractivity contribution is -0.172. The fourth-order valence-corrected chi connectivity index (χ4v) is 12.3. The summed E-state index contributed by atoms with van der Waals surface area (Å²) in [5.41, 5.74) is 4.75. The topological polar surface area (TPSA) is 105 Å². The Morgan fingerprint density at radius 1 is 0.900 bits per heavy atom. The van der Waals surface area contributed by atoms with Crippen LogP contribution in [0.1, 0.15) is 109 Å². The van der Waals surface area contributed by atoms with E-state index in [0.29, 0.717) is 48.5 Å². The third-order valence-electron chi connectivity index (χ3n) is 14.9. The molecule has 7 nitrogen and oxygen atoms in total. The van der Waals surface area contributed by atoms with E-state index in [4.69, 9.17) is 4.74 Å². The maximum Gasteiger partial charge on any atom is 0.407 e. The second-order valence-electron chi connectivity index (χ2n) is 17.0.